The van der Waals surface area contributed by atoms with Crippen molar-refractivity contribution in [2.45, 2.75) is 32.2 Å². The van der Waals surface area contributed by atoms with Crippen molar-refractivity contribution in [3.05, 3.63) is 35.4 Å². The maximum atomic E-state index is 8.84. The fraction of sp³-hybridized carbons (Fsp3) is 0.556. The molecule has 4 nitrogen and oxygen atoms in total. The van der Waals surface area contributed by atoms with Gasteiger partial charge in [0.25, 0.3) is 0 Å². The first-order valence-electron chi connectivity index (χ1n) is 8.25. The van der Waals surface area contributed by atoms with E-state index in [4.69, 9.17) is 5.26 Å². The number of benzene rings is 1. The van der Waals surface area contributed by atoms with Crippen molar-refractivity contribution in [3.8, 4) is 6.07 Å². The Kier molecular flexibility index (Phi) is 4.62. The van der Waals surface area contributed by atoms with Crippen LogP contribution >= 0.6 is 0 Å². The molecule has 2 fully saturated rings. The van der Waals surface area contributed by atoms with Crippen LogP contribution in [0.2, 0.25) is 0 Å². The van der Waals surface area contributed by atoms with Crippen molar-refractivity contribution in [1.82, 2.24) is 10.2 Å². The molecule has 0 bridgehead atoms. The summed E-state index contributed by atoms with van der Waals surface area (Å²) in [6, 6.07) is 9.89. The zero-order valence-electron chi connectivity index (χ0n) is 13.3. The van der Waals surface area contributed by atoms with Crippen LogP contribution in [0.5, 0.6) is 0 Å². The quantitative estimate of drug-likeness (QED) is 0.674. The first kappa shape index (κ1) is 14.9. The van der Waals surface area contributed by atoms with Gasteiger partial charge in [-0.3, -0.25) is 4.99 Å². The summed E-state index contributed by atoms with van der Waals surface area (Å²) in [6.45, 7) is 3.06. The summed E-state index contributed by atoms with van der Waals surface area (Å²) < 4.78 is 0. The highest BCUT2D eigenvalue weighted by Crippen LogP contribution is 2.35. The molecule has 0 aromatic heterocycles. The van der Waals surface area contributed by atoms with Gasteiger partial charge in [0.15, 0.2) is 5.96 Å². The van der Waals surface area contributed by atoms with Gasteiger partial charge in [0.1, 0.15) is 0 Å². The number of fused-ring (bicyclic) bond motifs is 1. The highest BCUT2D eigenvalue weighted by molar-refractivity contribution is 5.80. The third-order valence-corrected chi connectivity index (χ3v) is 5.02. The molecule has 3 rings (SSSR count). The van der Waals surface area contributed by atoms with Crippen LogP contribution in [-0.2, 0) is 6.54 Å². The van der Waals surface area contributed by atoms with Crippen molar-refractivity contribution in [2.24, 2.45) is 16.8 Å². The standard InChI is InChI=1S/C18H24N4/c1-20-18(21-11-15-8-6-14(10-19)7-9-15)22-12-16-4-2-3-5-17(16)13-22/h6-9,16-17H,2-5,11-13H2,1H3,(H,20,21). The van der Waals surface area contributed by atoms with Crippen LogP contribution in [0.4, 0.5) is 0 Å². The molecular weight excluding hydrogens is 272 g/mol. The van der Waals surface area contributed by atoms with E-state index in [1.54, 1.807) is 0 Å². The molecule has 1 saturated heterocycles. The number of hydrogen-bond acceptors (Lipinski definition) is 2. The first-order valence-corrected chi connectivity index (χ1v) is 8.25. The molecule has 22 heavy (non-hydrogen) atoms. The lowest BCUT2D eigenvalue weighted by Gasteiger charge is -2.22. The molecule has 4 heteroatoms. The second-order valence-corrected chi connectivity index (χ2v) is 6.42. The van der Waals surface area contributed by atoms with E-state index >= 15 is 0 Å². The molecule has 1 saturated carbocycles. The van der Waals surface area contributed by atoms with E-state index in [9.17, 15) is 0 Å². The minimum Gasteiger partial charge on any atom is -0.352 e. The lowest BCUT2D eigenvalue weighted by Crippen LogP contribution is -2.39. The summed E-state index contributed by atoms with van der Waals surface area (Å²) in [5.74, 6) is 2.74. The van der Waals surface area contributed by atoms with Crippen LogP contribution in [-0.4, -0.2) is 31.0 Å². The second-order valence-electron chi connectivity index (χ2n) is 6.42. The third-order valence-electron chi connectivity index (χ3n) is 5.02. The van der Waals surface area contributed by atoms with Gasteiger partial charge in [-0.25, -0.2) is 0 Å². The fourth-order valence-corrected chi connectivity index (χ4v) is 3.79. The van der Waals surface area contributed by atoms with Crippen LogP contribution < -0.4 is 5.32 Å². The molecule has 2 aliphatic rings. The minimum atomic E-state index is 0.705. The highest BCUT2D eigenvalue weighted by Gasteiger charge is 2.35. The monoisotopic (exact) mass is 296 g/mol. The average molecular weight is 296 g/mol. The van der Waals surface area contributed by atoms with Gasteiger partial charge in [0.05, 0.1) is 11.6 Å². The summed E-state index contributed by atoms with van der Waals surface area (Å²) >= 11 is 0. The molecule has 0 amide bonds. The molecule has 0 radical (unpaired) electrons. The van der Waals surface area contributed by atoms with Gasteiger partial charge in [-0.05, 0) is 42.4 Å². The maximum Gasteiger partial charge on any atom is 0.193 e. The van der Waals surface area contributed by atoms with Gasteiger partial charge in [0, 0.05) is 26.7 Å². The number of rotatable bonds is 2. The summed E-state index contributed by atoms with van der Waals surface area (Å²) in [7, 11) is 1.86. The maximum absolute atomic E-state index is 8.84. The lowest BCUT2D eigenvalue weighted by atomic mass is 9.82. The van der Waals surface area contributed by atoms with Crippen LogP contribution in [0, 0.1) is 23.2 Å². The Morgan fingerprint density at radius 1 is 1.23 bits per heavy atom. The van der Waals surface area contributed by atoms with E-state index in [1.165, 1.54) is 31.2 Å². The number of nitrogens with one attached hydrogen (secondary N) is 1. The lowest BCUT2D eigenvalue weighted by molar-refractivity contribution is 0.299. The normalized spacial score (nSPS) is 24.7. The summed E-state index contributed by atoms with van der Waals surface area (Å²) in [4.78, 5) is 6.88. The molecule has 1 aliphatic carbocycles. The Morgan fingerprint density at radius 3 is 2.41 bits per heavy atom. The fourth-order valence-electron chi connectivity index (χ4n) is 3.79. The predicted octanol–water partition coefficient (Wildman–Crippen LogP) is 2.76. The average Bonchev–Trinajstić information content (AvgIpc) is 3.00. The van der Waals surface area contributed by atoms with Gasteiger partial charge < -0.3 is 10.2 Å². The van der Waals surface area contributed by atoms with Crippen molar-refractivity contribution in [1.29, 1.82) is 5.26 Å². The molecule has 2 atom stereocenters. The first-order chi connectivity index (χ1) is 10.8. The van der Waals surface area contributed by atoms with E-state index in [-0.39, 0.29) is 0 Å². The second kappa shape index (κ2) is 6.83. The molecule has 1 heterocycles. The van der Waals surface area contributed by atoms with E-state index in [2.05, 4.69) is 21.3 Å². The van der Waals surface area contributed by atoms with E-state index in [1.807, 2.05) is 31.3 Å². The van der Waals surface area contributed by atoms with E-state index in [0.717, 1.165) is 37.4 Å². The van der Waals surface area contributed by atoms with Crippen LogP contribution in [0.15, 0.2) is 29.3 Å². The zero-order chi connectivity index (χ0) is 15.4. The van der Waals surface area contributed by atoms with Crippen LogP contribution in [0.25, 0.3) is 0 Å². The molecule has 116 valence electrons. The number of hydrogen-bond donors (Lipinski definition) is 1. The van der Waals surface area contributed by atoms with E-state index in [0.29, 0.717) is 5.56 Å². The SMILES string of the molecule is CN=C(NCc1ccc(C#N)cc1)N1CC2CCCCC2C1. The summed E-state index contributed by atoms with van der Waals surface area (Å²) in [5, 5.41) is 12.3. The molecule has 2 unspecified atom stereocenters. The Labute approximate surface area is 132 Å². The van der Waals surface area contributed by atoms with Crippen LogP contribution in [0.3, 0.4) is 0 Å². The van der Waals surface area contributed by atoms with Gasteiger partial charge >= 0.3 is 0 Å². The number of nitriles is 1. The number of aliphatic imine (C=N–C) groups is 1. The number of guanidine groups is 1. The minimum absolute atomic E-state index is 0.705. The van der Waals surface area contributed by atoms with Crippen molar-refractivity contribution < 1.29 is 0 Å². The topological polar surface area (TPSA) is 51.4 Å². The van der Waals surface area contributed by atoms with E-state index < -0.39 is 0 Å². The van der Waals surface area contributed by atoms with Gasteiger partial charge in [-0.15, -0.1) is 0 Å². The number of nitrogens with zero attached hydrogens (tertiary/aromatic N) is 3. The summed E-state index contributed by atoms with van der Waals surface area (Å²) in [5.41, 5.74) is 1.88. The Morgan fingerprint density at radius 2 is 1.86 bits per heavy atom. The molecule has 1 aliphatic heterocycles. The summed E-state index contributed by atoms with van der Waals surface area (Å²) in [6.07, 6.45) is 5.56. The Bertz CT molecular complexity index is 556. The van der Waals surface area contributed by atoms with Gasteiger partial charge in [-0.1, -0.05) is 25.0 Å². The van der Waals surface area contributed by atoms with Crippen molar-refractivity contribution in [3.63, 3.8) is 0 Å². The number of likely N-dealkylation sites (tertiary alicyclic amines) is 1. The van der Waals surface area contributed by atoms with Crippen molar-refractivity contribution in [2.75, 3.05) is 20.1 Å². The molecule has 0 spiro atoms. The van der Waals surface area contributed by atoms with Gasteiger partial charge in [0.2, 0.25) is 0 Å². The Hall–Kier alpha value is -2.02. The highest BCUT2D eigenvalue weighted by atomic mass is 15.3. The molecule has 1 aromatic rings. The van der Waals surface area contributed by atoms with Crippen LogP contribution in [0.1, 0.15) is 36.8 Å². The van der Waals surface area contributed by atoms with Gasteiger partial charge in [-0.2, -0.15) is 5.26 Å². The molecule has 1 aromatic carbocycles. The van der Waals surface area contributed by atoms with Crippen molar-refractivity contribution >= 4 is 5.96 Å². The smallest absolute Gasteiger partial charge is 0.193 e. The molecular formula is C18H24N4. The predicted molar refractivity (Wildman–Crippen MR) is 88.4 cm³/mol. The Balaban J connectivity index is 1.57. The third kappa shape index (κ3) is 3.24. The zero-order valence-corrected chi connectivity index (χ0v) is 13.3. The largest absolute Gasteiger partial charge is 0.352 e. The molecule has 1 N–H and O–H groups in total.